The van der Waals surface area contributed by atoms with Gasteiger partial charge in [-0.15, -0.1) is 0 Å². The summed E-state index contributed by atoms with van der Waals surface area (Å²) in [7, 11) is 3.23. The van der Waals surface area contributed by atoms with Crippen LogP contribution in [0.1, 0.15) is 49.4 Å². The van der Waals surface area contributed by atoms with Crippen molar-refractivity contribution >= 4 is 11.7 Å². The molecule has 1 unspecified atom stereocenters. The van der Waals surface area contributed by atoms with Gasteiger partial charge in [-0.25, -0.2) is 0 Å². The van der Waals surface area contributed by atoms with Gasteiger partial charge < -0.3 is 19.3 Å². The Labute approximate surface area is 158 Å². The first-order chi connectivity index (χ1) is 12.9. The zero-order valence-electron chi connectivity index (χ0n) is 16.3. The Balaban J connectivity index is 1.98. The van der Waals surface area contributed by atoms with E-state index in [4.69, 9.17) is 14.0 Å². The number of benzene rings is 1. The molecule has 6 nitrogen and oxygen atoms in total. The summed E-state index contributed by atoms with van der Waals surface area (Å²) < 4.78 is 16.7. The van der Waals surface area contributed by atoms with Crippen molar-refractivity contribution in [3.63, 3.8) is 0 Å². The van der Waals surface area contributed by atoms with Crippen LogP contribution in [0.15, 0.2) is 34.0 Å². The van der Waals surface area contributed by atoms with Crippen LogP contribution in [-0.2, 0) is 4.79 Å². The van der Waals surface area contributed by atoms with Crippen LogP contribution in [0, 0.1) is 12.3 Å². The Bertz CT molecular complexity index is 955. The van der Waals surface area contributed by atoms with E-state index in [-0.39, 0.29) is 17.1 Å². The third-order valence-electron chi connectivity index (χ3n) is 5.41. The molecule has 0 saturated heterocycles. The normalized spacial score (nSPS) is 20.6. The number of carbonyl (C=O) groups excluding carboxylic acids is 1. The number of aryl methyl sites for hydroxylation is 1. The van der Waals surface area contributed by atoms with Crippen LogP contribution < -0.4 is 14.8 Å². The second kappa shape index (κ2) is 6.15. The molecule has 0 amide bonds. The summed E-state index contributed by atoms with van der Waals surface area (Å²) in [4.78, 5) is 13.2. The fourth-order valence-corrected chi connectivity index (χ4v) is 4.32. The number of methoxy groups -OCH3 is 2. The Hall–Kier alpha value is -2.76. The van der Waals surface area contributed by atoms with Crippen LogP contribution in [0.5, 0.6) is 11.5 Å². The van der Waals surface area contributed by atoms with Crippen LogP contribution in [0.25, 0.3) is 0 Å². The van der Waals surface area contributed by atoms with E-state index in [1.54, 1.807) is 14.2 Å². The Morgan fingerprint density at radius 3 is 2.70 bits per heavy atom. The monoisotopic (exact) mass is 368 g/mol. The van der Waals surface area contributed by atoms with Gasteiger partial charge in [-0.3, -0.25) is 4.79 Å². The number of ether oxygens (including phenoxy) is 2. The van der Waals surface area contributed by atoms with Crippen molar-refractivity contribution in [1.29, 1.82) is 0 Å². The zero-order chi connectivity index (χ0) is 19.3. The van der Waals surface area contributed by atoms with Crippen LogP contribution >= 0.6 is 0 Å². The molecule has 27 heavy (non-hydrogen) atoms. The molecule has 0 saturated carbocycles. The van der Waals surface area contributed by atoms with Crippen molar-refractivity contribution < 1.29 is 18.8 Å². The van der Waals surface area contributed by atoms with Gasteiger partial charge >= 0.3 is 0 Å². The fraction of sp³-hybridized carbons (Fsp3) is 0.429. The van der Waals surface area contributed by atoms with Crippen LogP contribution in [0.4, 0.5) is 5.88 Å². The average Bonchev–Trinajstić information content (AvgIpc) is 2.98. The molecule has 1 N–H and O–H groups in total. The number of nitrogens with zero attached hydrogens (tertiary/aromatic N) is 1. The smallest absolute Gasteiger partial charge is 0.233 e. The Morgan fingerprint density at radius 2 is 2.00 bits per heavy atom. The highest BCUT2D eigenvalue weighted by atomic mass is 16.5. The van der Waals surface area contributed by atoms with Crippen molar-refractivity contribution in [3.8, 4) is 11.5 Å². The second-order valence-electron chi connectivity index (χ2n) is 7.98. The average molecular weight is 368 g/mol. The molecule has 0 radical (unpaired) electrons. The highest BCUT2D eigenvalue weighted by Gasteiger charge is 2.44. The molecule has 2 heterocycles. The van der Waals surface area contributed by atoms with Gasteiger partial charge in [0.15, 0.2) is 17.3 Å². The van der Waals surface area contributed by atoms with E-state index in [1.807, 2.05) is 25.1 Å². The topological polar surface area (TPSA) is 73.6 Å². The first kappa shape index (κ1) is 17.6. The van der Waals surface area contributed by atoms with E-state index < -0.39 is 0 Å². The fourth-order valence-electron chi connectivity index (χ4n) is 4.32. The van der Waals surface area contributed by atoms with Crippen LogP contribution in [-0.4, -0.2) is 25.2 Å². The molecule has 6 heteroatoms. The molecule has 1 aliphatic carbocycles. The van der Waals surface area contributed by atoms with Crippen molar-refractivity contribution in [1.82, 2.24) is 5.16 Å². The van der Waals surface area contributed by atoms with E-state index in [1.165, 1.54) is 0 Å². The van der Waals surface area contributed by atoms with Gasteiger partial charge in [-0.05, 0) is 24.8 Å². The standard InChI is InChI=1S/C21H24N2O4/c1-11-16-17(12-7-6-8-15(25-4)19(12)26-5)18-13(22-20(16)27-23-11)9-21(2,3)10-14(18)24/h6-8,17,22H,9-10H2,1-5H3. The van der Waals surface area contributed by atoms with Crippen molar-refractivity contribution in [2.24, 2.45) is 5.41 Å². The van der Waals surface area contributed by atoms with Crippen molar-refractivity contribution in [3.05, 3.63) is 46.3 Å². The summed E-state index contributed by atoms with van der Waals surface area (Å²) in [6.07, 6.45) is 1.28. The van der Waals surface area contributed by atoms with Crippen molar-refractivity contribution in [2.75, 3.05) is 19.5 Å². The number of ketones is 1. The maximum Gasteiger partial charge on any atom is 0.233 e. The molecule has 2 aliphatic rings. The molecular weight excluding hydrogens is 344 g/mol. The van der Waals surface area contributed by atoms with E-state index in [2.05, 4.69) is 24.3 Å². The second-order valence-corrected chi connectivity index (χ2v) is 7.98. The number of fused-ring (bicyclic) bond motifs is 1. The Morgan fingerprint density at radius 1 is 1.22 bits per heavy atom. The van der Waals surface area contributed by atoms with Crippen LogP contribution in [0.2, 0.25) is 0 Å². The molecule has 0 bridgehead atoms. The highest BCUT2D eigenvalue weighted by Crippen LogP contribution is 2.52. The molecule has 0 fully saturated rings. The van der Waals surface area contributed by atoms with Crippen LogP contribution in [0.3, 0.4) is 0 Å². The summed E-state index contributed by atoms with van der Waals surface area (Å²) in [6, 6.07) is 5.75. The zero-order valence-corrected chi connectivity index (χ0v) is 16.3. The molecule has 1 atom stereocenters. The molecule has 4 rings (SSSR count). The Kier molecular flexibility index (Phi) is 4.02. The summed E-state index contributed by atoms with van der Waals surface area (Å²) in [5.74, 6) is 1.72. The predicted molar refractivity (Wildman–Crippen MR) is 101 cm³/mol. The van der Waals surface area contributed by atoms with Gasteiger partial charge in [0.1, 0.15) is 0 Å². The first-order valence-corrected chi connectivity index (χ1v) is 9.06. The molecule has 1 aromatic heterocycles. The quantitative estimate of drug-likeness (QED) is 0.875. The minimum absolute atomic E-state index is 0.0987. The van der Waals surface area contributed by atoms with Gasteiger partial charge in [-0.1, -0.05) is 31.1 Å². The summed E-state index contributed by atoms with van der Waals surface area (Å²) in [5.41, 5.74) is 4.12. The van der Waals surface area contributed by atoms with E-state index in [0.717, 1.165) is 34.5 Å². The lowest BCUT2D eigenvalue weighted by atomic mass is 9.69. The van der Waals surface area contributed by atoms with Gasteiger partial charge in [0.2, 0.25) is 5.88 Å². The number of rotatable bonds is 3. The number of hydrogen-bond donors (Lipinski definition) is 1. The number of allylic oxidation sites excluding steroid dienone is 2. The molecule has 1 aromatic carbocycles. The number of aromatic nitrogens is 1. The third-order valence-corrected chi connectivity index (χ3v) is 5.41. The SMILES string of the molecule is COc1cccc(C2C3=C(CC(C)(C)CC3=O)Nc3onc(C)c32)c1OC. The lowest BCUT2D eigenvalue weighted by Gasteiger charge is -2.38. The summed E-state index contributed by atoms with van der Waals surface area (Å²) >= 11 is 0. The third kappa shape index (κ3) is 2.71. The summed E-state index contributed by atoms with van der Waals surface area (Å²) in [6.45, 7) is 6.11. The minimum atomic E-state index is -0.295. The minimum Gasteiger partial charge on any atom is -0.493 e. The number of Topliss-reactive ketones (excluding diaryl/α,β-unsaturated/α-hetero) is 1. The van der Waals surface area contributed by atoms with Gasteiger partial charge in [0, 0.05) is 23.3 Å². The van der Waals surface area contributed by atoms with Gasteiger partial charge in [-0.2, -0.15) is 0 Å². The number of anilines is 1. The number of hydrogen-bond acceptors (Lipinski definition) is 6. The molecule has 0 spiro atoms. The highest BCUT2D eigenvalue weighted by molar-refractivity contribution is 6.01. The lowest BCUT2D eigenvalue weighted by Crippen LogP contribution is -2.33. The maximum atomic E-state index is 13.2. The lowest BCUT2D eigenvalue weighted by molar-refractivity contribution is -0.118. The maximum absolute atomic E-state index is 13.2. The van der Waals surface area contributed by atoms with Crippen molar-refractivity contribution in [2.45, 2.75) is 39.5 Å². The predicted octanol–water partition coefficient (Wildman–Crippen LogP) is 4.20. The number of para-hydroxylation sites is 1. The number of carbonyl (C=O) groups is 1. The molecule has 2 aromatic rings. The van der Waals surface area contributed by atoms with E-state index in [0.29, 0.717) is 23.8 Å². The molecule has 1 aliphatic heterocycles. The number of nitrogens with one attached hydrogen (secondary N) is 1. The molecule has 142 valence electrons. The van der Waals surface area contributed by atoms with Gasteiger partial charge in [0.05, 0.1) is 31.4 Å². The first-order valence-electron chi connectivity index (χ1n) is 9.06. The van der Waals surface area contributed by atoms with E-state index in [9.17, 15) is 4.79 Å². The van der Waals surface area contributed by atoms with E-state index >= 15 is 0 Å². The summed E-state index contributed by atoms with van der Waals surface area (Å²) in [5, 5.41) is 7.47. The molecular formula is C21H24N2O4. The van der Waals surface area contributed by atoms with Gasteiger partial charge in [0.25, 0.3) is 0 Å². The largest absolute Gasteiger partial charge is 0.493 e.